The molecule has 0 spiro atoms. The fourth-order valence-electron chi connectivity index (χ4n) is 4.02. The lowest BCUT2D eigenvalue weighted by Gasteiger charge is -2.25. The van der Waals surface area contributed by atoms with Crippen molar-refractivity contribution in [1.82, 2.24) is 15.1 Å². The van der Waals surface area contributed by atoms with Crippen LogP contribution in [-0.4, -0.2) is 47.4 Å². The van der Waals surface area contributed by atoms with Gasteiger partial charge in [-0.05, 0) is 54.8 Å². The molecule has 1 fully saturated rings. The van der Waals surface area contributed by atoms with Crippen LogP contribution in [0.5, 0.6) is 17.2 Å². The van der Waals surface area contributed by atoms with E-state index in [9.17, 15) is 4.79 Å². The molecule has 3 heterocycles. The summed E-state index contributed by atoms with van der Waals surface area (Å²) in [5.41, 5.74) is 1.87. The van der Waals surface area contributed by atoms with Crippen molar-refractivity contribution in [2.45, 2.75) is 25.3 Å². The molecule has 0 saturated carbocycles. The number of nitrogens with zero attached hydrogens (tertiary/aromatic N) is 3. The molecule has 2 aromatic carbocycles. The van der Waals surface area contributed by atoms with Crippen molar-refractivity contribution in [2.24, 2.45) is 0 Å². The number of ether oxygens (including phenoxy) is 3. The Hall–Kier alpha value is -3.55. The van der Waals surface area contributed by atoms with Gasteiger partial charge in [0.1, 0.15) is 5.75 Å². The molecule has 1 amide bonds. The first-order valence-electron chi connectivity index (χ1n) is 10.5. The molecule has 8 nitrogen and oxygen atoms in total. The number of carbonyl (C=O) groups excluding carboxylic acids is 1. The van der Waals surface area contributed by atoms with Gasteiger partial charge >= 0.3 is 0 Å². The van der Waals surface area contributed by atoms with E-state index in [4.69, 9.17) is 18.6 Å². The van der Waals surface area contributed by atoms with E-state index >= 15 is 0 Å². The van der Waals surface area contributed by atoms with Crippen LogP contribution in [0.1, 0.15) is 30.9 Å². The number of rotatable bonds is 5. The van der Waals surface area contributed by atoms with Gasteiger partial charge in [-0.25, -0.2) is 0 Å². The van der Waals surface area contributed by atoms with E-state index in [1.54, 1.807) is 12.1 Å². The largest absolute Gasteiger partial charge is 0.490 e. The van der Waals surface area contributed by atoms with Crippen LogP contribution in [0.3, 0.4) is 0 Å². The molecule has 1 atom stereocenters. The van der Waals surface area contributed by atoms with E-state index in [0.29, 0.717) is 24.9 Å². The summed E-state index contributed by atoms with van der Waals surface area (Å²) in [6.07, 6.45) is 4.04. The van der Waals surface area contributed by atoms with Crippen molar-refractivity contribution < 1.29 is 23.4 Å². The summed E-state index contributed by atoms with van der Waals surface area (Å²) in [7, 11) is 0. The molecule has 1 saturated heterocycles. The van der Waals surface area contributed by atoms with Gasteiger partial charge in [0.25, 0.3) is 5.91 Å². The first-order chi connectivity index (χ1) is 15.3. The second-order valence-corrected chi connectivity index (χ2v) is 7.56. The fourth-order valence-corrected chi connectivity index (χ4v) is 4.02. The zero-order chi connectivity index (χ0) is 21.0. The predicted octanol–water partition coefficient (Wildman–Crippen LogP) is 3.64. The molecular formula is C23H23N3O5. The first kappa shape index (κ1) is 19.4. The Balaban J connectivity index is 1.23. The highest BCUT2D eigenvalue weighted by atomic mass is 16.5. The van der Waals surface area contributed by atoms with E-state index in [2.05, 4.69) is 10.2 Å². The summed E-state index contributed by atoms with van der Waals surface area (Å²) >= 11 is 0. The molecule has 0 bridgehead atoms. The molecule has 2 aliphatic rings. The Morgan fingerprint density at radius 3 is 2.71 bits per heavy atom. The molecule has 3 aromatic rings. The number of likely N-dealkylation sites (tertiary alicyclic amines) is 1. The second kappa shape index (κ2) is 8.67. The lowest BCUT2D eigenvalue weighted by molar-refractivity contribution is -0.134. The number of hydrogen-bond acceptors (Lipinski definition) is 7. The minimum atomic E-state index is -0.0319. The molecule has 2 aliphatic heterocycles. The van der Waals surface area contributed by atoms with E-state index in [0.717, 1.165) is 48.4 Å². The van der Waals surface area contributed by atoms with E-state index in [1.807, 2.05) is 35.2 Å². The van der Waals surface area contributed by atoms with E-state index in [-0.39, 0.29) is 18.6 Å². The normalized spacial score (nSPS) is 17.9. The standard InChI is InChI=1S/C23H23N3O5/c27-22(14-30-18-7-4-16(5-8-18)23-25-24-15-31-23)26-10-1-3-19(26)17-6-9-20-21(13-17)29-12-2-11-28-20/h4-9,13,15,19H,1-3,10-12,14H2/t19-/m0/s1. The molecule has 31 heavy (non-hydrogen) atoms. The lowest BCUT2D eigenvalue weighted by Crippen LogP contribution is -2.34. The number of hydrogen-bond donors (Lipinski definition) is 0. The highest BCUT2D eigenvalue weighted by Gasteiger charge is 2.31. The molecule has 160 valence electrons. The predicted molar refractivity (Wildman–Crippen MR) is 111 cm³/mol. The minimum Gasteiger partial charge on any atom is -0.490 e. The summed E-state index contributed by atoms with van der Waals surface area (Å²) in [6, 6.07) is 13.2. The van der Waals surface area contributed by atoms with Crippen molar-refractivity contribution in [2.75, 3.05) is 26.4 Å². The number of carbonyl (C=O) groups is 1. The van der Waals surface area contributed by atoms with Crippen LogP contribution >= 0.6 is 0 Å². The van der Waals surface area contributed by atoms with Crippen molar-refractivity contribution in [1.29, 1.82) is 0 Å². The van der Waals surface area contributed by atoms with Gasteiger partial charge in [-0.3, -0.25) is 4.79 Å². The maximum absolute atomic E-state index is 12.9. The topological polar surface area (TPSA) is 86.9 Å². The average Bonchev–Trinajstić information content (AvgIpc) is 3.46. The van der Waals surface area contributed by atoms with E-state index < -0.39 is 0 Å². The molecule has 0 aliphatic carbocycles. The van der Waals surface area contributed by atoms with Crippen molar-refractivity contribution in [3.05, 3.63) is 54.4 Å². The Morgan fingerprint density at radius 2 is 1.90 bits per heavy atom. The molecule has 0 unspecified atom stereocenters. The zero-order valence-corrected chi connectivity index (χ0v) is 17.0. The quantitative estimate of drug-likeness (QED) is 0.622. The van der Waals surface area contributed by atoms with Crippen molar-refractivity contribution >= 4 is 5.91 Å². The van der Waals surface area contributed by atoms with Crippen LogP contribution in [0.25, 0.3) is 11.5 Å². The molecule has 1 aromatic heterocycles. The summed E-state index contributed by atoms with van der Waals surface area (Å²) in [6.45, 7) is 2.01. The molecular weight excluding hydrogens is 398 g/mol. The van der Waals surface area contributed by atoms with Crippen LogP contribution < -0.4 is 14.2 Å². The Morgan fingerprint density at radius 1 is 1.06 bits per heavy atom. The molecule has 0 N–H and O–H groups in total. The van der Waals surface area contributed by atoms with Crippen molar-refractivity contribution in [3.63, 3.8) is 0 Å². The van der Waals surface area contributed by atoms with Gasteiger partial charge in [-0.15, -0.1) is 10.2 Å². The maximum Gasteiger partial charge on any atom is 0.261 e. The molecule has 5 rings (SSSR count). The van der Waals surface area contributed by atoms with Gasteiger partial charge in [0.15, 0.2) is 18.1 Å². The van der Waals surface area contributed by atoms with Crippen LogP contribution in [0, 0.1) is 0 Å². The van der Waals surface area contributed by atoms with Crippen molar-refractivity contribution in [3.8, 4) is 28.7 Å². The third-order valence-corrected chi connectivity index (χ3v) is 5.55. The second-order valence-electron chi connectivity index (χ2n) is 7.56. The lowest BCUT2D eigenvalue weighted by atomic mass is 10.0. The summed E-state index contributed by atoms with van der Waals surface area (Å²) in [4.78, 5) is 14.8. The highest BCUT2D eigenvalue weighted by Crippen LogP contribution is 2.38. The fraction of sp³-hybridized carbons (Fsp3) is 0.348. The third kappa shape index (κ3) is 4.19. The molecule has 0 radical (unpaired) electrons. The Labute approximate surface area is 179 Å². The maximum atomic E-state index is 12.9. The van der Waals surface area contributed by atoms with E-state index in [1.165, 1.54) is 6.39 Å². The van der Waals surface area contributed by atoms with Gasteiger partial charge in [0.2, 0.25) is 12.3 Å². The van der Waals surface area contributed by atoms with Crippen LogP contribution in [0.4, 0.5) is 0 Å². The highest BCUT2D eigenvalue weighted by molar-refractivity contribution is 5.78. The Bertz CT molecular complexity index is 1040. The van der Waals surface area contributed by atoms with Gasteiger partial charge < -0.3 is 23.5 Å². The third-order valence-electron chi connectivity index (χ3n) is 5.55. The average molecular weight is 421 g/mol. The van der Waals surface area contributed by atoms with Crippen LogP contribution in [-0.2, 0) is 4.79 Å². The van der Waals surface area contributed by atoms with Crippen LogP contribution in [0.15, 0.2) is 53.3 Å². The van der Waals surface area contributed by atoms with Gasteiger partial charge in [-0.1, -0.05) is 6.07 Å². The van der Waals surface area contributed by atoms with Gasteiger partial charge in [-0.2, -0.15) is 0 Å². The number of fused-ring (bicyclic) bond motifs is 1. The summed E-state index contributed by atoms with van der Waals surface area (Å²) in [5, 5.41) is 7.55. The zero-order valence-electron chi connectivity index (χ0n) is 17.0. The summed E-state index contributed by atoms with van der Waals surface area (Å²) in [5.74, 6) is 2.55. The summed E-state index contributed by atoms with van der Waals surface area (Å²) < 4.78 is 22.5. The SMILES string of the molecule is O=C(COc1ccc(-c2nnco2)cc1)N1CCC[C@H]1c1ccc2c(c1)OCCCO2. The number of benzene rings is 2. The Kier molecular flexibility index (Phi) is 5.43. The molecule has 8 heteroatoms. The van der Waals surface area contributed by atoms with Crippen LogP contribution in [0.2, 0.25) is 0 Å². The smallest absolute Gasteiger partial charge is 0.261 e. The first-order valence-corrected chi connectivity index (χ1v) is 10.5. The number of aromatic nitrogens is 2. The van der Waals surface area contributed by atoms with Gasteiger partial charge in [0.05, 0.1) is 19.3 Å². The monoisotopic (exact) mass is 421 g/mol. The minimum absolute atomic E-state index is 0.0129. The number of amides is 1. The van der Waals surface area contributed by atoms with Gasteiger partial charge in [0, 0.05) is 18.5 Å².